The van der Waals surface area contributed by atoms with Crippen LogP contribution in [0, 0.1) is 5.82 Å². The highest BCUT2D eigenvalue weighted by atomic mass is 19.1. The number of piperazine rings is 1. The third kappa shape index (κ3) is 2.25. The molecule has 2 bridgehead atoms. The monoisotopic (exact) mass is 337 g/mol. The van der Waals surface area contributed by atoms with Gasteiger partial charge in [-0.2, -0.15) is 9.97 Å². The number of aromatic nitrogens is 4. The van der Waals surface area contributed by atoms with E-state index in [1.807, 2.05) is 12.1 Å². The van der Waals surface area contributed by atoms with E-state index in [1.54, 1.807) is 12.4 Å². The second-order valence-corrected chi connectivity index (χ2v) is 6.46. The van der Waals surface area contributed by atoms with Gasteiger partial charge in [-0.05, 0) is 30.7 Å². The van der Waals surface area contributed by atoms with Gasteiger partial charge in [-0.15, -0.1) is 0 Å². The van der Waals surface area contributed by atoms with Crippen LogP contribution in [0.4, 0.5) is 21.8 Å². The summed E-state index contributed by atoms with van der Waals surface area (Å²) in [6.45, 7) is 1.69. The van der Waals surface area contributed by atoms with E-state index in [2.05, 4.69) is 29.7 Å². The second kappa shape index (κ2) is 5.23. The van der Waals surface area contributed by atoms with Crippen molar-refractivity contribution in [3.8, 4) is 0 Å². The summed E-state index contributed by atoms with van der Waals surface area (Å²) < 4.78 is 13.2. The van der Waals surface area contributed by atoms with E-state index in [0.717, 1.165) is 31.0 Å². The maximum Gasteiger partial charge on any atom is 0.224 e. The first-order valence-corrected chi connectivity index (χ1v) is 8.22. The average Bonchev–Trinajstić information content (AvgIpc) is 3.22. The molecule has 25 heavy (non-hydrogen) atoms. The Morgan fingerprint density at radius 1 is 0.960 bits per heavy atom. The topological polar surface area (TPSA) is 84.1 Å². The molecule has 2 saturated heterocycles. The van der Waals surface area contributed by atoms with Crippen LogP contribution < -0.4 is 15.5 Å². The fraction of sp³-hybridized carbons (Fsp3) is 0.294. The zero-order chi connectivity index (χ0) is 17.0. The Morgan fingerprint density at radius 3 is 2.44 bits per heavy atom. The third-order valence-corrected chi connectivity index (χ3v) is 5.00. The van der Waals surface area contributed by atoms with Crippen molar-refractivity contribution < 1.29 is 4.39 Å². The van der Waals surface area contributed by atoms with Crippen molar-refractivity contribution in [2.75, 3.05) is 28.6 Å². The summed E-state index contributed by atoms with van der Waals surface area (Å²) in [5.74, 6) is 0.749. The highest BCUT2D eigenvalue weighted by Gasteiger charge is 2.44. The predicted octanol–water partition coefficient (Wildman–Crippen LogP) is 1.61. The minimum atomic E-state index is -0.212. The summed E-state index contributed by atoms with van der Waals surface area (Å²) in [5.41, 5.74) is 8.11. The first-order valence-electron chi connectivity index (χ1n) is 8.22. The zero-order valence-electron chi connectivity index (χ0n) is 13.4. The standard InChI is InChI=1S/C17H16FN7/c18-10-1-3-11(4-2-10)24-8-13-7-12(24)9-25(13)16-14-15(21-6-5-20-14)22-17(19)23-16/h1-6,12-13H,7-9H2,(H2,19,21,22,23)/t12-,13-/m0/s1. The molecule has 126 valence electrons. The molecule has 2 aliphatic heterocycles. The Kier molecular flexibility index (Phi) is 3.00. The van der Waals surface area contributed by atoms with Crippen LogP contribution in [0.1, 0.15) is 6.42 Å². The Balaban J connectivity index is 1.47. The minimum absolute atomic E-state index is 0.209. The number of hydrogen-bond donors (Lipinski definition) is 1. The van der Waals surface area contributed by atoms with Crippen molar-refractivity contribution >= 4 is 28.6 Å². The van der Waals surface area contributed by atoms with Gasteiger partial charge in [0.1, 0.15) is 5.82 Å². The molecular formula is C17H16FN7. The smallest absolute Gasteiger partial charge is 0.224 e. The van der Waals surface area contributed by atoms with Gasteiger partial charge in [-0.3, -0.25) is 0 Å². The molecule has 0 saturated carbocycles. The lowest BCUT2D eigenvalue weighted by Crippen LogP contribution is -2.47. The molecule has 7 nitrogen and oxygen atoms in total. The number of nitrogen functional groups attached to an aromatic ring is 1. The van der Waals surface area contributed by atoms with Crippen LogP contribution in [-0.4, -0.2) is 45.1 Å². The van der Waals surface area contributed by atoms with Crippen molar-refractivity contribution in [3.05, 3.63) is 42.5 Å². The SMILES string of the molecule is Nc1nc(N2C[C@@H]3C[C@H]2CN3c2ccc(F)cc2)c2nccnc2n1. The van der Waals surface area contributed by atoms with E-state index in [4.69, 9.17) is 5.73 Å². The summed E-state index contributed by atoms with van der Waals surface area (Å²) in [6, 6.07) is 7.36. The number of nitrogens with two attached hydrogens (primary N) is 1. The van der Waals surface area contributed by atoms with E-state index in [0.29, 0.717) is 23.2 Å². The number of hydrogen-bond acceptors (Lipinski definition) is 7. The Bertz CT molecular complexity index is 945. The molecule has 0 spiro atoms. The number of nitrogens with zero attached hydrogens (tertiary/aromatic N) is 6. The van der Waals surface area contributed by atoms with Crippen LogP contribution in [0.15, 0.2) is 36.7 Å². The molecule has 1 aromatic carbocycles. The Morgan fingerprint density at radius 2 is 1.68 bits per heavy atom. The normalized spacial score (nSPS) is 22.1. The first-order chi connectivity index (χ1) is 12.2. The maximum atomic E-state index is 13.2. The summed E-state index contributed by atoms with van der Waals surface area (Å²) in [4.78, 5) is 21.8. The first kappa shape index (κ1) is 14.3. The van der Waals surface area contributed by atoms with Gasteiger partial charge >= 0.3 is 0 Å². The average molecular weight is 337 g/mol. The predicted molar refractivity (Wildman–Crippen MR) is 92.8 cm³/mol. The highest BCUT2D eigenvalue weighted by molar-refractivity contribution is 5.84. The lowest BCUT2D eigenvalue weighted by molar-refractivity contribution is 0.623. The van der Waals surface area contributed by atoms with Gasteiger partial charge in [0, 0.05) is 37.2 Å². The second-order valence-electron chi connectivity index (χ2n) is 6.46. The van der Waals surface area contributed by atoms with E-state index in [9.17, 15) is 4.39 Å². The quantitative estimate of drug-likeness (QED) is 0.760. The van der Waals surface area contributed by atoms with Crippen LogP contribution in [0.3, 0.4) is 0 Å². The molecule has 2 aliphatic rings. The molecule has 0 amide bonds. The van der Waals surface area contributed by atoms with Crippen LogP contribution in [-0.2, 0) is 0 Å². The van der Waals surface area contributed by atoms with Gasteiger partial charge in [0.15, 0.2) is 17.0 Å². The van der Waals surface area contributed by atoms with Crippen molar-refractivity contribution in [2.45, 2.75) is 18.5 Å². The van der Waals surface area contributed by atoms with Crippen molar-refractivity contribution in [2.24, 2.45) is 0 Å². The molecule has 0 radical (unpaired) electrons. The molecule has 2 fully saturated rings. The van der Waals surface area contributed by atoms with Gasteiger partial charge in [0.25, 0.3) is 0 Å². The number of rotatable bonds is 2. The Hall–Kier alpha value is -3.03. The molecule has 4 heterocycles. The largest absolute Gasteiger partial charge is 0.368 e. The summed E-state index contributed by atoms with van der Waals surface area (Å²) >= 11 is 0. The number of fused-ring (bicyclic) bond motifs is 3. The van der Waals surface area contributed by atoms with Gasteiger partial charge in [0.2, 0.25) is 5.95 Å². The molecular weight excluding hydrogens is 321 g/mol. The highest BCUT2D eigenvalue weighted by Crippen LogP contribution is 2.38. The maximum absolute atomic E-state index is 13.2. The van der Waals surface area contributed by atoms with Crippen LogP contribution in [0.5, 0.6) is 0 Å². The number of halogens is 1. The van der Waals surface area contributed by atoms with Crippen molar-refractivity contribution in [3.63, 3.8) is 0 Å². The Labute approximate surface area is 143 Å². The fourth-order valence-corrected chi connectivity index (χ4v) is 3.94. The van der Waals surface area contributed by atoms with Gasteiger partial charge in [-0.1, -0.05) is 0 Å². The van der Waals surface area contributed by atoms with Gasteiger partial charge in [-0.25, -0.2) is 14.4 Å². The molecule has 2 atom stereocenters. The summed E-state index contributed by atoms with van der Waals surface area (Å²) in [6.07, 6.45) is 4.28. The van der Waals surface area contributed by atoms with Crippen molar-refractivity contribution in [1.29, 1.82) is 0 Å². The van der Waals surface area contributed by atoms with Crippen molar-refractivity contribution in [1.82, 2.24) is 19.9 Å². The molecule has 2 N–H and O–H groups in total. The van der Waals surface area contributed by atoms with Crippen LogP contribution in [0.25, 0.3) is 11.2 Å². The zero-order valence-corrected chi connectivity index (χ0v) is 13.4. The minimum Gasteiger partial charge on any atom is -0.368 e. The molecule has 0 unspecified atom stereocenters. The van der Waals surface area contributed by atoms with E-state index in [1.165, 1.54) is 12.1 Å². The summed E-state index contributed by atoms with van der Waals surface area (Å²) in [5, 5.41) is 0. The van der Waals surface area contributed by atoms with E-state index in [-0.39, 0.29) is 11.8 Å². The van der Waals surface area contributed by atoms with Crippen LogP contribution >= 0.6 is 0 Å². The molecule has 5 rings (SSSR count). The third-order valence-electron chi connectivity index (χ3n) is 5.00. The van der Waals surface area contributed by atoms with Crippen LogP contribution in [0.2, 0.25) is 0 Å². The molecule has 0 aliphatic carbocycles. The molecule has 8 heteroatoms. The lowest BCUT2D eigenvalue weighted by atomic mass is 10.2. The summed E-state index contributed by atoms with van der Waals surface area (Å²) in [7, 11) is 0. The van der Waals surface area contributed by atoms with E-state index < -0.39 is 0 Å². The number of anilines is 3. The lowest BCUT2D eigenvalue weighted by Gasteiger charge is -2.36. The van der Waals surface area contributed by atoms with Gasteiger partial charge in [0.05, 0.1) is 6.04 Å². The molecule has 3 aromatic rings. The number of benzene rings is 1. The van der Waals surface area contributed by atoms with E-state index >= 15 is 0 Å². The van der Waals surface area contributed by atoms with Gasteiger partial charge < -0.3 is 15.5 Å². The fourth-order valence-electron chi connectivity index (χ4n) is 3.94. The molecule has 2 aromatic heterocycles.